The predicted octanol–water partition coefficient (Wildman–Crippen LogP) is 3.53. The molecule has 2 N–H and O–H groups in total. The molecule has 2 saturated carbocycles. The fourth-order valence-corrected chi connectivity index (χ4v) is 5.33. The van der Waals surface area contributed by atoms with Crippen LogP contribution >= 0.6 is 11.3 Å². The molecular weight excluding hydrogens is 424 g/mol. The van der Waals surface area contributed by atoms with E-state index in [1.165, 1.54) is 16.5 Å². The Kier molecular flexibility index (Phi) is 3.64. The van der Waals surface area contributed by atoms with Crippen molar-refractivity contribution in [3.63, 3.8) is 0 Å². The van der Waals surface area contributed by atoms with E-state index in [4.69, 9.17) is 4.98 Å². The fraction of sp³-hybridized carbons (Fsp3) is 0.261. The highest BCUT2D eigenvalue weighted by Gasteiger charge is 2.42. The summed E-state index contributed by atoms with van der Waals surface area (Å²) in [6, 6.07) is 8.47. The van der Waals surface area contributed by atoms with E-state index in [0.29, 0.717) is 29.0 Å². The molecule has 32 heavy (non-hydrogen) atoms. The quantitative estimate of drug-likeness (QED) is 0.443. The van der Waals surface area contributed by atoms with Gasteiger partial charge in [-0.25, -0.2) is 19.3 Å². The van der Waals surface area contributed by atoms with E-state index in [2.05, 4.69) is 38.2 Å². The molecule has 158 valence electrons. The molecule has 2 aliphatic carbocycles. The molecular formula is C23H18N6O2S. The van der Waals surface area contributed by atoms with Gasteiger partial charge in [0.05, 0.1) is 38.9 Å². The average Bonchev–Trinajstić information content (AvgIpc) is 3.69. The van der Waals surface area contributed by atoms with Crippen molar-refractivity contribution in [2.24, 2.45) is 0 Å². The van der Waals surface area contributed by atoms with Gasteiger partial charge in [0.2, 0.25) is 0 Å². The van der Waals surface area contributed by atoms with Gasteiger partial charge < -0.3 is 4.98 Å². The number of imidazole rings is 1. The van der Waals surface area contributed by atoms with Crippen LogP contribution in [0.4, 0.5) is 0 Å². The van der Waals surface area contributed by atoms with Crippen molar-refractivity contribution >= 4 is 27.2 Å². The Morgan fingerprint density at radius 1 is 1.12 bits per heavy atom. The second-order valence-corrected chi connectivity index (χ2v) is 9.59. The Labute approximate surface area is 185 Å². The van der Waals surface area contributed by atoms with E-state index >= 15 is 0 Å². The Bertz CT molecular complexity index is 1640. The van der Waals surface area contributed by atoms with Crippen LogP contribution in [0, 0.1) is 0 Å². The molecule has 2 fully saturated rings. The van der Waals surface area contributed by atoms with Crippen LogP contribution in [0.3, 0.4) is 0 Å². The summed E-state index contributed by atoms with van der Waals surface area (Å²) < 4.78 is 3.01. The van der Waals surface area contributed by atoms with Crippen LogP contribution in [0.1, 0.15) is 53.8 Å². The van der Waals surface area contributed by atoms with E-state index in [0.717, 1.165) is 41.7 Å². The molecule has 0 amide bonds. The number of aromatic amines is 2. The fourth-order valence-electron chi connectivity index (χ4n) is 4.61. The number of fused-ring (bicyclic) bond motifs is 2. The summed E-state index contributed by atoms with van der Waals surface area (Å²) in [5, 5.41) is 4.67. The highest BCUT2D eigenvalue weighted by atomic mass is 32.1. The first kappa shape index (κ1) is 18.0. The summed E-state index contributed by atoms with van der Waals surface area (Å²) >= 11 is 1.66. The molecule has 5 aromatic rings. The lowest BCUT2D eigenvalue weighted by Crippen LogP contribution is -2.23. The Hall–Kier alpha value is -3.59. The molecule has 1 aromatic carbocycles. The maximum absolute atomic E-state index is 12.4. The molecule has 2 atom stereocenters. The number of hydrogen-bond donors (Lipinski definition) is 2. The van der Waals surface area contributed by atoms with Crippen molar-refractivity contribution in [3.05, 3.63) is 79.8 Å². The number of H-pyrrole nitrogens is 2. The average molecular weight is 443 g/mol. The highest BCUT2D eigenvalue weighted by Crippen LogP contribution is 2.56. The molecule has 2 aliphatic rings. The monoisotopic (exact) mass is 442 g/mol. The molecule has 0 unspecified atom stereocenters. The molecule has 0 aliphatic heterocycles. The standard InChI is InChI=1S/C23H18N6O2S/c30-22-16(8-24-23(31)27-22)18-7-15(21-26-19(11-1-2-11)9-29(21)28-18)14-6-13(14)12-3-4-17-20(5-12)32-10-25-17/h3-5,7-11,13-14H,1-2,6H2,(H2,24,27,30,31)/t13-,14+/m1/s1. The van der Waals surface area contributed by atoms with Gasteiger partial charge in [0.1, 0.15) is 0 Å². The summed E-state index contributed by atoms with van der Waals surface area (Å²) in [4.78, 5) is 38.1. The van der Waals surface area contributed by atoms with Crippen LogP contribution in [0.5, 0.6) is 0 Å². The second-order valence-electron chi connectivity index (χ2n) is 8.71. The number of nitrogens with one attached hydrogen (secondary N) is 2. The Balaban J connectivity index is 1.36. The van der Waals surface area contributed by atoms with Crippen LogP contribution < -0.4 is 11.2 Å². The summed E-state index contributed by atoms with van der Waals surface area (Å²) in [5.41, 5.74) is 7.15. The van der Waals surface area contributed by atoms with Gasteiger partial charge in [-0.15, -0.1) is 11.3 Å². The summed E-state index contributed by atoms with van der Waals surface area (Å²) in [7, 11) is 0. The number of rotatable bonds is 4. The first-order valence-corrected chi connectivity index (χ1v) is 11.6. The van der Waals surface area contributed by atoms with Crippen LogP contribution in [-0.4, -0.2) is 29.5 Å². The smallest absolute Gasteiger partial charge is 0.313 e. The van der Waals surface area contributed by atoms with Crippen LogP contribution in [-0.2, 0) is 0 Å². The summed E-state index contributed by atoms with van der Waals surface area (Å²) in [6.07, 6.45) is 6.76. The number of benzene rings is 1. The first-order chi connectivity index (χ1) is 15.6. The van der Waals surface area contributed by atoms with Crippen LogP contribution in [0.2, 0.25) is 0 Å². The number of hydrogen-bond acceptors (Lipinski definition) is 6. The zero-order chi connectivity index (χ0) is 21.4. The second kappa shape index (κ2) is 6.46. The van der Waals surface area contributed by atoms with Gasteiger partial charge in [-0.3, -0.25) is 9.78 Å². The summed E-state index contributed by atoms with van der Waals surface area (Å²) in [5.74, 6) is 1.21. The van der Waals surface area contributed by atoms with Gasteiger partial charge in [0.25, 0.3) is 5.56 Å². The van der Waals surface area contributed by atoms with Gasteiger partial charge in [0, 0.05) is 17.7 Å². The minimum absolute atomic E-state index is 0.306. The molecule has 9 heteroatoms. The lowest BCUT2D eigenvalue weighted by atomic mass is 10.0. The molecule has 0 bridgehead atoms. The van der Waals surface area contributed by atoms with Gasteiger partial charge in [-0.1, -0.05) is 6.07 Å². The number of nitrogens with zero attached hydrogens (tertiary/aromatic N) is 4. The van der Waals surface area contributed by atoms with Crippen LogP contribution in [0.25, 0.3) is 27.1 Å². The molecule has 0 spiro atoms. The van der Waals surface area contributed by atoms with Crippen molar-refractivity contribution < 1.29 is 0 Å². The molecule has 4 aromatic heterocycles. The van der Waals surface area contributed by atoms with Gasteiger partial charge in [-0.2, -0.15) is 5.10 Å². The number of aromatic nitrogens is 6. The zero-order valence-electron chi connectivity index (χ0n) is 16.9. The molecule has 0 saturated heterocycles. The van der Waals surface area contributed by atoms with E-state index in [1.54, 1.807) is 11.3 Å². The minimum atomic E-state index is -0.528. The Morgan fingerprint density at radius 3 is 2.88 bits per heavy atom. The molecule has 0 radical (unpaired) electrons. The van der Waals surface area contributed by atoms with Gasteiger partial charge in [-0.05, 0) is 54.9 Å². The van der Waals surface area contributed by atoms with Crippen molar-refractivity contribution in [1.82, 2.24) is 29.5 Å². The van der Waals surface area contributed by atoms with Crippen molar-refractivity contribution in [2.75, 3.05) is 0 Å². The topological polar surface area (TPSA) is 109 Å². The lowest BCUT2D eigenvalue weighted by molar-refractivity contribution is 0.904. The molecule has 4 heterocycles. The SMILES string of the molecule is O=c1[nH]cc(-c2cc([C@H]3C[C@@H]3c3ccc4ncsc4c3)c3nc(C4CC4)cn3n2)c(=O)[nH]1. The third kappa shape index (κ3) is 2.85. The van der Waals surface area contributed by atoms with Gasteiger partial charge in [0.15, 0.2) is 5.65 Å². The number of thiazole rings is 1. The zero-order valence-corrected chi connectivity index (χ0v) is 17.7. The van der Waals surface area contributed by atoms with Crippen molar-refractivity contribution in [2.45, 2.75) is 37.0 Å². The largest absolute Gasteiger partial charge is 0.325 e. The van der Waals surface area contributed by atoms with E-state index < -0.39 is 11.2 Å². The van der Waals surface area contributed by atoms with Crippen molar-refractivity contribution in [3.8, 4) is 11.3 Å². The third-order valence-corrected chi connectivity index (χ3v) is 7.33. The van der Waals surface area contributed by atoms with Crippen LogP contribution in [0.15, 0.2) is 51.8 Å². The van der Waals surface area contributed by atoms with E-state index in [9.17, 15) is 9.59 Å². The lowest BCUT2D eigenvalue weighted by Gasteiger charge is -2.07. The summed E-state index contributed by atoms with van der Waals surface area (Å²) in [6.45, 7) is 0. The third-order valence-electron chi connectivity index (χ3n) is 6.54. The Morgan fingerprint density at radius 2 is 2.03 bits per heavy atom. The predicted molar refractivity (Wildman–Crippen MR) is 121 cm³/mol. The van der Waals surface area contributed by atoms with E-state index in [-0.39, 0.29) is 0 Å². The first-order valence-electron chi connectivity index (χ1n) is 10.7. The van der Waals surface area contributed by atoms with E-state index in [1.807, 2.05) is 22.3 Å². The highest BCUT2D eigenvalue weighted by molar-refractivity contribution is 7.16. The maximum Gasteiger partial charge on any atom is 0.325 e. The molecule has 7 rings (SSSR count). The van der Waals surface area contributed by atoms with Gasteiger partial charge >= 0.3 is 5.69 Å². The molecule has 8 nitrogen and oxygen atoms in total. The van der Waals surface area contributed by atoms with Crippen molar-refractivity contribution in [1.29, 1.82) is 0 Å². The maximum atomic E-state index is 12.4. The minimum Gasteiger partial charge on any atom is -0.313 e. The normalized spacial score (nSPS) is 20.2.